The number of pyridine rings is 1. The SMILES string of the molecule is CC(=O)N1CCC(N2CCc3cc(C(=O)NO)cnc3C2)CC1. The van der Waals surface area contributed by atoms with Crippen molar-refractivity contribution in [3.05, 3.63) is 29.1 Å². The highest BCUT2D eigenvalue weighted by molar-refractivity contribution is 5.93. The van der Waals surface area contributed by atoms with Crippen LogP contribution in [-0.2, 0) is 17.8 Å². The van der Waals surface area contributed by atoms with Crippen molar-refractivity contribution in [1.82, 2.24) is 20.3 Å². The van der Waals surface area contributed by atoms with Crippen LogP contribution in [0.3, 0.4) is 0 Å². The summed E-state index contributed by atoms with van der Waals surface area (Å²) in [5.41, 5.74) is 4.10. The minimum absolute atomic E-state index is 0.156. The first-order valence-corrected chi connectivity index (χ1v) is 8.00. The molecular weight excluding hydrogens is 296 g/mol. The number of fused-ring (bicyclic) bond motifs is 1. The molecule has 0 radical (unpaired) electrons. The third-order valence-corrected chi connectivity index (χ3v) is 4.87. The van der Waals surface area contributed by atoms with E-state index in [1.54, 1.807) is 12.4 Å². The predicted molar refractivity (Wildman–Crippen MR) is 82.9 cm³/mol. The van der Waals surface area contributed by atoms with Gasteiger partial charge in [0.1, 0.15) is 0 Å². The maximum absolute atomic E-state index is 11.5. The largest absolute Gasteiger partial charge is 0.343 e. The number of nitrogens with zero attached hydrogens (tertiary/aromatic N) is 3. The van der Waals surface area contributed by atoms with Gasteiger partial charge in [0.05, 0.1) is 11.3 Å². The van der Waals surface area contributed by atoms with E-state index in [0.717, 1.165) is 56.7 Å². The molecule has 124 valence electrons. The number of amides is 2. The molecule has 2 amide bonds. The van der Waals surface area contributed by atoms with Gasteiger partial charge in [-0.05, 0) is 30.9 Å². The molecule has 0 atom stereocenters. The maximum Gasteiger partial charge on any atom is 0.276 e. The topological polar surface area (TPSA) is 85.8 Å². The van der Waals surface area contributed by atoms with Gasteiger partial charge < -0.3 is 4.90 Å². The Kier molecular flexibility index (Phi) is 4.58. The zero-order valence-electron chi connectivity index (χ0n) is 13.3. The molecule has 1 aromatic heterocycles. The average Bonchev–Trinajstić information content (AvgIpc) is 2.60. The van der Waals surface area contributed by atoms with E-state index in [1.165, 1.54) is 6.20 Å². The van der Waals surface area contributed by atoms with Crippen LogP contribution in [0.25, 0.3) is 0 Å². The Labute approximate surface area is 135 Å². The van der Waals surface area contributed by atoms with Crippen molar-refractivity contribution in [2.45, 2.75) is 38.8 Å². The standard InChI is InChI=1S/C16H22N4O3/c1-11(21)19-6-3-14(4-7-19)20-5-2-12-8-13(16(22)18-23)9-17-15(12)10-20/h8-9,14,23H,2-7,10H2,1H3,(H,18,22). The van der Waals surface area contributed by atoms with Crippen LogP contribution in [0.2, 0.25) is 0 Å². The van der Waals surface area contributed by atoms with E-state index in [0.29, 0.717) is 11.6 Å². The number of hydroxylamine groups is 1. The molecule has 0 aromatic carbocycles. The number of piperidine rings is 1. The molecule has 0 spiro atoms. The molecule has 7 heteroatoms. The van der Waals surface area contributed by atoms with Crippen LogP contribution in [-0.4, -0.2) is 57.5 Å². The van der Waals surface area contributed by atoms with Gasteiger partial charge in [0.25, 0.3) is 5.91 Å². The summed E-state index contributed by atoms with van der Waals surface area (Å²) >= 11 is 0. The molecule has 0 bridgehead atoms. The smallest absolute Gasteiger partial charge is 0.276 e. The highest BCUT2D eigenvalue weighted by Crippen LogP contribution is 2.24. The fourth-order valence-corrected chi connectivity index (χ4v) is 3.48. The first-order chi connectivity index (χ1) is 11.1. The Hall–Kier alpha value is -1.99. The van der Waals surface area contributed by atoms with Gasteiger partial charge in [-0.25, -0.2) is 5.48 Å². The van der Waals surface area contributed by atoms with Gasteiger partial charge in [0.15, 0.2) is 0 Å². The van der Waals surface area contributed by atoms with Crippen molar-refractivity contribution in [1.29, 1.82) is 0 Å². The van der Waals surface area contributed by atoms with Crippen molar-refractivity contribution >= 4 is 11.8 Å². The quantitative estimate of drug-likeness (QED) is 0.615. The van der Waals surface area contributed by atoms with Crippen molar-refractivity contribution in [3.63, 3.8) is 0 Å². The molecule has 2 aliphatic rings. The van der Waals surface area contributed by atoms with Crippen molar-refractivity contribution in [3.8, 4) is 0 Å². The first kappa shape index (κ1) is 15.9. The second-order valence-corrected chi connectivity index (χ2v) is 6.23. The Bertz CT molecular complexity index is 611. The zero-order chi connectivity index (χ0) is 16.4. The number of hydrogen-bond acceptors (Lipinski definition) is 5. The van der Waals surface area contributed by atoms with Gasteiger partial charge >= 0.3 is 0 Å². The monoisotopic (exact) mass is 318 g/mol. The molecule has 2 N–H and O–H groups in total. The summed E-state index contributed by atoms with van der Waals surface area (Å²) in [7, 11) is 0. The molecule has 0 unspecified atom stereocenters. The summed E-state index contributed by atoms with van der Waals surface area (Å²) in [5, 5.41) is 8.70. The highest BCUT2D eigenvalue weighted by atomic mass is 16.5. The highest BCUT2D eigenvalue weighted by Gasteiger charge is 2.28. The molecule has 2 aliphatic heterocycles. The van der Waals surface area contributed by atoms with Crippen LogP contribution < -0.4 is 5.48 Å². The van der Waals surface area contributed by atoms with Crippen molar-refractivity contribution < 1.29 is 14.8 Å². The van der Waals surface area contributed by atoms with Gasteiger partial charge in [0, 0.05) is 45.3 Å². The summed E-state index contributed by atoms with van der Waals surface area (Å²) in [6.07, 6.45) is 4.36. The number of aromatic nitrogens is 1. The molecule has 1 fully saturated rings. The summed E-state index contributed by atoms with van der Waals surface area (Å²) < 4.78 is 0. The van der Waals surface area contributed by atoms with Crippen LogP contribution in [0.1, 0.15) is 41.4 Å². The lowest BCUT2D eigenvalue weighted by molar-refractivity contribution is -0.130. The molecule has 23 heavy (non-hydrogen) atoms. The average molecular weight is 318 g/mol. The number of likely N-dealkylation sites (tertiary alicyclic amines) is 1. The van der Waals surface area contributed by atoms with Crippen molar-refractivity contribution in [2.75, 3.05) is 19.6 Å². The molecule has 3 heterocycles. The maximum atomic E-state index is 11.5. The Morgan fingerprint density at radius 1 is 1.30 bits per heavy atom. The van der Waals surface area contributed by atoms with Crippen molar-refractivity contribution in [2.24, 2.45) is 0 Å². The van der Waals surface area contributed by atoms with E-state index in [9.17, 15) is 9.59 Å². The van der Waals surface area contributed by atoms with E-state index in [4.69, 9.17) is 5.21 Å². The summed E-state index contributed by atoms with van der Waals surface area (Å²) in [6.45, 7) is 4.99. The number of carbonyl (C=O) groups excluding carboxylic acids is 2. The summed E-state index contributed by atoms with van der Waals surface area (Å²) in [5.74, 6) is -0.372. The third-order valence-electron chi connectivity index (χ3n) is 4.87. The molecule has 3 rings (SSSR count). The Morgan fingerprint density at radius 3 is 2.70 bits per heavy atom. The second-order valence-electron chi connectivity index (χ2n) is 6.23. The lowest BCUT2D eigenvalue weighted by Gasteiger charge is -2.40. The van der Waals surface area contributed by atoms with Crippen LogP contribution in [0.4, 0.5) is 0 Å². The van der Waals surface area contributed by atoms with E-state index < -0.39 is 5.91 Å². The van der Waals surface area contributed by atoms with Crippen LogP contribution in [0, 0.1) is 0 Å². The molecule has 1 aromatic rings. The Morgan fingerprint density at radius 2 is 2.04 bits per heavy atom. The predicted octanol–water partition coefficient (Wildman–Crippen LogP) is 0.570. The fraction of sp³-hybridized carbons (Fsp3) is 0.562. The molecule has 0 saturated carbocycles. The number of rotatable bonds is 2. The second kappa shape index (κ2) is 6.64. The van der Waals surface area contributed by atoms with E-state index in [1.807, 2.05) is 11.0 Å². The van der Waals surface area contributed by atoms with Gasteiger partial charge in [-0.3, -0.25) is 24.7 Å². The summed E-state index contributed by atoms with van der Waals surface area (Å²) in [6, 6.07) is 2.30. The lowest BCUT2D eigenvalue weighted by Crippen LogP contribution is -2.47. The zero-order valence-corrected chi connectivity index (χ0v) is 13.3. The minimum Gasteiger partial charge on any atom is -0.343 e. The van der Waals surface area contributed by atoms with Crippen LogP contribution >= 0.6 is 0 Å². The van der Waals surface area contributed by atoms with Crippen LogP contribution in [0.15, 0.2) is 12.3 Å². The first-order valence-electron chi connectivity index (χ1n) is 8.00. The van der Waals surface area contributed by atoms with Gasteiger partial charge in [-0.2, -0.15) is 0 Å². The minimum atomic E-state index is -0.528. The van der Waals surface area contributed by atoms with E-state index >= 15 is 0 Å². The Balaban J connectivity index is 1.65. The lowest BCUT2D eigenvalue weighted by atomic mass is 9.97. The molecular formula is C16H22N4O3. The van der Waals surface area contributed by atoms with Crippen LogP contribution in [0.5, 0.6) is 0 Å². The van der Waals surface area contributed by atoms with Gasteiger partial charge in [-0.15, -0.1) is 0 Å². The van der Waals surface area contributed by atoms with Gasteiger partial charge in [-0.1, -0.05) is 0 Å². The number of nitrogens with one attached hydrogen (secondary N) is 1. The molecule has 7 nitrogen and oxygen atoms in total. The fourth-order valence-electron chi connectivity index (χ4n) is 3.48. The number of carbonyl (C=O) groups is 2. The number of hydrogen-bond donors (Lipinski definition) is 2. The van der Waals surface area contributed by atoms with E-state index in [2.05, 4.69) is 9.88 Å². The normalized spacial score (nSPS) is 19.3. The summed E-state index contributed by atoms with van der Waals surface area (Å²) in [4.78, 5) is 31.6. The molecule has 1 saturated heterocycles. The van der Waals surface area contributed by atoms with E-state index in [-0.39, 0.29) is 5.91 Å². The third kappa shape index (κ3) is 3.35. The van der Waals surface area contributed by atoms with Gasteiger partial charge in [0.2, 0.25) is 5.91 Å². The molecule has 0 aliphatic carbocycles.